The van der Waals surface area contributed by atoms with Gasteiger partial charge in [-0.05, 0) is 23.8 Å². The van der Waals surface area contributed by atoms with Crippen molar-refractivity contribution in [2.75, 3.05) is 6.54 Å². The van der Waals surface area contributed by atoms with Gasteiger partial charge in [0.15, 0.2) is 0 Å². The van der Waals surface area contributed by atoms with Crippen LogP contribution in [0.15, 0.2) is 30.3 Å². The average molecular weight is 275 g/mol. The summed E-state index contributed by atoms with van der Waals surface area (Å²) >= 11 is 0. The molecule has 0 spiro atoms. The van der Waals surface area contributed by atoms with Crippen LogP contribution in [0.5, 0.6) is 0 Å². The summed E-state index contributed by atoms with van der Waals surface area (Å²) in [5, 5.41) is 13.1. The van der Waals surface area contributed by atoms with E-state index in [2.05, 4.69) is 31.3 Å². The van der Waals surface area contributed by atoms with Crippen LogP contribution in [0.2, 0.25) is 0 Å². The van der Waals surface area contributed by atoms with Gasteiger partial charge in [0.2, 0.25) is 5.91 Å². The van der Waals surface area contributed by atoms with E-state index in [1.165, 1.54) is 0 Å². The lowest BCUT2D eigenvalue weighted by atomic mass is 9.81. The van der Waals surface area contributed by atoms with Crippen molar-refractivity contribution >= 4 is 5.91 Å². The zero-order valence-corrected chi connectivity index (χ0v) is 12.5. The van der Waals surface area contributed by atoms with Gasteiger partial charge < -0.3 is 10.4 Å². The second-order valence-corrected chi connectivity index (χ2v) is 6.63. The fourth-order valence-electron chi connectivity index (χ4n) is 2.93. The molecule has 1 fully saturated rings. The van der Waals surface area contributed by atoms with Crippen molar-refractivity contribution in [3.05, 3.63) is 35.9 Å². The van der Waals surface area contributed by atoms with Crippen LogP contribution in [-0.2, 0) is 10.2 Å². The highest BCUT2D eigenvalue weighted by Gasteiger charge is 2.32. The summed E-state index contributed by atoms with van der Waals surface area (Å²) < 4.78 is 0. The second kappa shape index (κ2) is 5.96. The molecule has 0 aromatic heterocycles. The quantitative estimate of drug-likeness (QED) is 0.868. The summed E-state index contributed by atoms with van der Waals surface area (Å²) in [5.41, 5.74) is 0.297. The molecule has 2 rings (SSSR count). The molecule has 110 valence electrons. The number of carbonyl (C=O) groups is 1. The molecule has 1 aromatic rings. The SMILES string of the molecule is CC(C)(CC(=O)NCC1(O)CCCC1)c1ccccc1. The largest absolute Gasteiger partial charge is 0.388 e. The highest BCUT2D eigenvalue weighted by Crippen LogP contribution is 2.29. The first-order valence-electron chi connectivity index (χ1n) is 7.46. The van der Waals surface area contributed by atoms with Gasteiger partial charge in [-0.3, -0.25) is 4.79 Å². The fourth-order valence-corrected chi connectivity index (χ4v) is 2.93. The molecule has 1 amide bonds. The van der Waals surface area contributed by atoms with Crippen LogP contribution >= 0.6 is 0 Å². The molecule has 0 radical (unpaired) electrons. The first kappa shape index (κ1) is 15.0. The first-order valence-corrected chi connectivity index (χ1v) is 7.46. The smallest absolute Gasteiger partial charge is 0.220 e. The van der Waals surface area contributed by atoms with Crippen LogP contribution in [0.3, 0.4) is 0 Å². The van der Waals surface area contributed by atoms with E-state index >= 15 is 0 Å². The molecule has 20 heavy (non-hydrogen) atoms. The predicted octanol–water partition coefficient (Wildman–Crippen LogP) is 2.78. The maximum Gasteiger partial charge on any atom is 0.220 e. The molecular formula is C17H25NO2. The molecule has 1 aromatic carbocycles. The molecular weight excluding hydrogens is 250 g/mol. The maximum absolute atomic E-state index is 12.1. The lowest BCUT2D eigenvalue weighted by molar-refractivity contribution is -0.123. The molecule has 0 saturated heterocycles. The molecule has 0 aliphatic heterocycles. The summed E-state index contributed by atoms with van der Waals surface area (Å²) in [6.45, 7) is 4.54. The molecule has 0 unspecified atom stereocenters. The highest BCUT2D eigenvalue weighted by molar-refractivity contribution is 5.77. The monoisotopic (exact) mass is 275 g/mol. The van der Waals surface area contributed by atoms with Crippen LogP contribution in [0, 0.1) is 0 Å². The number of benzene rings is 1. The number of rotatable bonds is 5. The highest BCUT2D eigenvalue weighted by atomic mass is 16.3. The van der Waals surface area contributed by atoms with Gasteiger partial charge in [-0.2, -0.15) is 0 Å². The lowest BCUT2D eigenvalue weighted by Crippen LogP contribution is -2.42. The van der Waals surface area contributed by atoms with Crippen LogP contribution in [0.1, 0.15) is 51.5 Å². The van der Waals surface area contributed by atoms with E-state index in [-0.39, 0.29) is 11.3 Å². The van der Waals surface area contributed by atoms with Gasteiger partial charge in [0.25, 0.3) is 0 Å². The van der Waals surface area contributed by atoms with Crippen molar-refractivity contribution in [3.8, 4) is 0 Å². The molecule has 1 saturated carbocycles. The summed E-state index contributed by atoms with van der Waals surface area (Å²) in [6, 6.07) is 10.1. The van der Waals surface area contributed by atoms with Gasteiger partial charge in [-0.15, -0.1) is 0 Å². The third-order valence-corrected chi connectivity index (χ3v) is 4.31. The summed E-state index contributed by atoms with van der Waals surface area (Å²) in [5.74, 6) is 0.0131. The molecule has 1 aliphatic rings. The summed E-state index contributed by atoms with van der Waals surface area (Å²) in [7, 11) is 0. The first-order chi connectivity index (χ1) is 9.41. The lowest BCUT2D eigenvalue weighted by Gasteiger charge is -2.27. The molecule has 3 heteroatoms. The number of hydrogen-bond acceptors (Lipinski definition) is 2. The van der Waals surface area contributed by atoms with E-state index in [1.54, 1.807) is 0 Å². The van der Waals surface area contributed by atoms with Crippen molar-refractivity contribution < 1.29 is 9.90 Å². The number of nitrogens with one attached hydrogen (secondary N) is 1. The van der Waals surface area contributed by atoms with Crippen molar-refractivity contribution in [1.82, 2.24) is 5.32 Å². The number of carbonyl (C=O) groups excluding carboxylic acids is 1. The maximum atomic E-state index is 12.1. The van der Waals surface area contributed by atoms with Gasteiger partial charge >= 0.3 is 0 Å². The molecule has 3 nitrogen and oxygen atoms in total. The van der Waals surface area contributed by atoms with E-state index in [1.807, 2.05) is 18.2 Å². The average Bonchev–Trinajstić information content (AvgIpc) is 2.85. The van der Waals surface area contributed by atoms with E-state index in [0.29, 0.717) is 13.0 Å². The van der Waals surface area contributed by atoms with Crippen LogP contribution in [0.4, 0.5) is 0 Å². The predicted molar refractivity (Wildman–Crippen MR) is 80.5 cm³/mol. The molecule has 1 aliphatic carbocycles. The topological polar surface area (TPSA) is 49.3 Å². The fraction of sp³-hybridized carbons (Fsp3) is 0.588. The zero-order chi connectivity index (χ0) is 14.6. The van der Waals surface area contributed by atoms with E-state index in [9.17, 15) is 9.90 Å². The van der Waals surface area contributed by atoms with Crippen molar-refractivity contribution in [2.45, 2.75) is 57.0 Å². The Morgan fingerprint density at radius 2 is 1.85 bits per heavy atom. The normalized spacial score (nSPS) is 17.9. The second-order valence-electron chi connectivity index (χ2n) is 6.63. The number of aliphatic hydroxyl groups is 1. The molecule has 2 N–H and O–H groups in total. The minimum Gasteiger partial charge on any atom is -0.388 e. The van der Waals surface area contributed by atoms with Crippen LogP contribution < -0.4 is 5.32 Å². The Kier molecular flexibility index (Phi) is 4.48. The Labute approximate surface area is 121 Å². The van der Waals surface area contributed by atoms with E-state index in [4.69, 9.17) is 0 Å². The number of amides is 1. The minimum absolute atomic E-state index is 0.0131. The van der Waals surface area contributed by atoms with Gasteiger partial charge in [0, 0.05) is 13.0 Å². The Hall–Kier alpha value is -1.35. The van der Waals surface area contributed by atoms with Gasteiger partial charge in [0.1, 0.15) is 0 Å². The third-order valence-electron chi connectivity index (χ3n) is 4.31. The standard InChI is InChI=1S/C17H25NO2/c1-16(2,14-8-4-3-5-9-14)12-15(19)18-13-17(20)10-6-7-11-17/h3-5,8-9,20H,6-7,10-13H2,1-2H3,(H,18,19). The van der Waals surface area contributed by atoms with Crippen molar-refractivity contribution in [2.24, 2.45) is 0 Å². The van der Waals surface area contributed by atoms with Crippen molar-refractivity contribution in [1.29, 1.82) is 0 Å². The van der Waals surface area contributed by atoms with Crippen LogP contribution in [0.25, 0.3) is 0 Å². The Morgan fingerprint density at radius 3 is 2.45 bits per heavy atom. The summed E-state index contributed by atoms with van der Waals surface area (Å²) in [6.07, 6.45) is 4.15. The van der Waals surface area contributed by atoms with Crippen molar-refractivity contribution in [3.63, 3.8) is 0 Å². The minimum atomic E-state index is -0.674. The van der Waals surface area contributed by atoms with Gasteiger partial charge in [-0.1, -0.05) is 57.0 Å². The Bertz CT molecular complexity index is 447. The van der Waals surface area contributed by atoms with E-state index in [0.717, 1.165) is 31.2 Å². The Balaban J connectivity index is 1.87. The molecule has 0 bridgehead atoms. The van der Waals surface area contributed by atoms with Gasteiger partial charge in [-0.25, -0.2) is 0 Å². The molecule has 0 heterocycles. The summed E-state index contributed by atoms with van der Waals surface area (Å²) in [4.78, 5) is 12.1. The number of hydrogen-bond donors (Lipinski definition) is 2. The Morgan fingerprint density at radius 1 is 1.25 bits per heavy atom. The van der Waals surface area contributed by atoms with E-state index < -0.39 is 5.60 Å². The molecule has 0 atom stereocenters. The zero-order valence-electron chi connectivity index (χ0n) is 12.5. The van der Waals surface area contributed by atoms with Gasteiger partial charge in [0.05, 0.1) is 5.60 Å². The van der Waals surface area contributed by atoms with Crippen LogP contribution in [-0.4, -0.2) is 23.2 Å². The third kappa shape index (κ3) is 3.83.